The Labute approximate surface area is 112 Å². The van der Waals surface area contributed by atoms with Gasteiger partial charge >= 0.3 is 0 Å². The monoisotopic (exact) mass is 247 g/mol. The number of nitrogens with zero attached hydrogens (tertiary/aromatic N) is 3. The van der Waals surface area contributed by atoms with Crippen molar-refractivity contribution in [3.05, 3.63) is 66.5 Å². The lowest BCUT2D eigenvalue weighted by atomic mass is 10.1. The summed E-state index contributed by atoms with van der Waals surface area (Å²) in [4.78, 5) is 13.3. The van der Waals surface area contributed by atoms with Crippen LogP contribution in [0, 0.1) is 6.92 Å². The Hall–Kier alpha value is -2.55. The van der Waals surface area contributed by atoms with Crippen LogP contribution in [-0.4, -0.2) is 15.0 Å². The van der Waals surface area contributed by atoms with Crippen LogP contribution in [0.5, 0.6) is 0 Å². The van der Waals surface area contributed by atoms with Crippen LogP contribution in [-0.2, 0) is 0 Å². The highest BCUT2D eigenvalue weighted by atomic mass is 14.9. The molecule has 0 unspecified atom stereocenters. The fourth-order valence-corrected chi connectivity index (χ4v) is 1.92. The van der Waals surface area contributed by atoms with Gasteiger partial charge in [-0.2, -0.15) is 0 Å². The van der Waals surface area contributed by atoms with Crippen molar-refractivity contribution in [1.82, 2.24) is 15.0 Å². The Kier molecular flexibility index (Phi) is 3.02. The SMILES string of the molecule is Cc1cccc(-c2nccc(-c3ccccc3)n2)n1. The van der Waals surface area contributed by atoms with Gasteiger partial charge in [-0.1, -0.05) is 36.4 Å². The molecule has 0 spiro atoms. The molecular formula is C16H13N3. The van der Waals surface area contributed by atoms with Crippen LogP contribution in [0.4, 0.5) is 0 Å². The number of rotatable bonds is 2. The molecule has 0 radical (unpaired) electrons. The summed E-state index contributed by atoms with van der Waals surface area (Å²) in [5.74, 6) is 0.657. The maximum absolute atomic E-state index is 4.58. The summed E-state index contributed by atoms with van der Waals surface area (Å²) in [5, 5.41) is 0. The minimum atomic E-state index is 0.657. The average Bonchev–Trinajstić information content (AvgIpc) is 2.48. The molecule has 1 aromatic carbocycles. The highest BCUT2D eigenvalue weighted by Crippen LogP contribution is 2.19. The zero-order valence-corrected chi connectivity index (χ0v) is 10.6. The largest absolute Gasteiger partial charge is 0.250 e. The Balaban J connectivity index is 2.06. The predicted octanol–water partition coefficient (Wildman–Crippen LogP) is 3.51. The van der Waals surface area contributed by atoms with Crippen molar-refractivity contribution in [1.29, 1.82) is 0 Å². The Morgan fingerprint density at radius 1 is 0.737 bits per heavy atom. The van der Waals surface area contributed by atoms with Crippen LogP contribution in [0.2, 0.25) is 0 Å². The molecule has 2 heterocycles. The van der Waals surface area contributed by atoms with Gasteiger partial charge in [-0.15, -0.1) is 0 Å². The molecule has 0 saturated heterocycles. The summed E-state index contributed by atoms with van der Waals surface area (Å²) in [7, 11) is 0. The average molecular weight is 247 g/mol. The quantitative estimate of drug-likeness (QED) is 0.695. The number of benzene rings is 1. The Morgan fingerprint density at radius 2 is 1.58 bits per heavy atom. The highest BCUT2D eigenvalue weighted by Gasteiger charge is 2.05. The molecular weight excluding hydrogens is 234 g/mol. The highest BCUT2D eigenvalue weighted by molar-refractivity contribution is 5.61. The summed E-state index contributed by atoms with van der Waals surface area (Å²) in [5.41, 5.74) is 3.76. The lowest BCUT2D eigenvalue weighted by Crippen LogP contribution is -1.94. The molecule has 92 valence electrons. The summed E-state index contributed by atoms with van der Waals surface area (Å²) < 4.78 is 0. The second-order valence-electron chi connectivity index (χ2n) is 4.30. The smallest absolute Gasteiger partial charge is 0.178 e. The van der Waals surface area contributed by atoms with Gasteiger partial charge in [0.05, 0.1) is 5.69 Å². The molecule has 3 aromatic rings. The van der Waals surface area contributed by atoms with E-state index in [2.05, 4.69) is 15.0 Å². The maximum Gasteiger partial charge on any atom is 0.178 e. The van der Waals surface area contributed by atoms with Crippen LogP contribution < -0.4 is 0 Å². The number of hydrogen-bond donors (Lipinski definition) is 0. The molecule has 0 amide bonds. The molecule has 0 bridgehead atoms. The maximum atomic E-state index is 4.58. The van der Waals surface area contributed by atoms with Crippen LogP contribution in [0.25, 0.3) is 22.8 Å². The van der Waals surface area contributed by atoms with E-state index in [1.54, 1.807) is 6.20 Å². The lowest BCUT2D eigenvalue weighted by molar-refractivity contribution is 1.12. The lowest BCUT2D eigenvalue weighted by Gasteiger charge is -2.04. The minimum absolute atomic E-state index is 0.657. The molecule has 19 heavy (non-hydrogen) atoms. The van der Waals surface area contributed by atoms with E-state index in [1.165, 1.54) is 0 Å². The van der Waals surface area contributed by atoms with Crippen LogP contribution in [0.15, 0.2) is 60.8 Å². The topological polar surface area (TPSA) is 38.7 Å². The molecule has 3 nitrogen and oxygen atoms in total. The van der Waals surface area contributed by atoms with E-state index in [4.69, 9.17) is 0 Å². The molecule has 0 atom stereocenters. The first kappa shape index (κ1) is 11.5. The summed E-state index contributed by atoms with van der Waals surface area (Å²) in [6.45, 7) is 1.96. The van der Waals surface area contributed by atoms with Gasteiger partial charge in [0.1, 0.15) is 5.69 Å². The third-order valence-corrected chi connectivity index (χ3v) is 2.84. The summed E-state index contributed by atoms with van der Waals surface area (Å²) >= 11 is 0. The molecule has 0 fully saturated rings. The molecule has 0 aliphatic carbocycles. The van der Waals surface area contributed by atoms with Gasteiger partial charge in [0, 0.05) is 17.5 Å². The minimum Gasteiger partial charge on any atom is -0.250 e. The van der Waals surface area contributed by atoms with Crippen molar-refractivity contribution >= 4 is 0 Å². The first-order valence-electron chi connectivity index (χ1n) is 6.15. The van der Waals surface area contributed by atoms with Crippen LogP contribution >= 0.6 is 0 Å². The molecule has 0 aliphatic rings. The molecule has 3 heteroatoms. The van der Waals surface area contributed by atoms with Crippen molar-refractivity contribution < 1.29 is 0 Å². The second kappa shape index (κ2) is 4.98. The van der Waals surface area contributed by atoms with Crippen molar-refractivity contribution in [2.24, 2.45) is 0 Å². The Morgan fingerprint density at radius 3 is 2.37 bits per heavy atom. The Bertz CT molecular complexity index is 693. The van der Waals surface area contributed by atoms with E-state index in [-0.39, 0.29) is 0 Å². The first-order valence-corrected chi connectivity index (χ1v) is 6.15. The van der Waals surface area contributed by atoms with Gasteiger partial charge < -0.3 is 0 Å². The van der Waals surface area contributed by atoms with E-state index < -0.39 is 0 Å². The standard InChI is InChI=1S/C16H13N3/c1-12-6-5-9-15(18-12)16-17-11-10-14(19-16)13-7-3-2-4-8-13/h2-11H,1H3. The van der Waals surface area contributed by atoms with E-state index in [0.717, 1.165) is 22.6 Å². The van der Waals surface area contributed by atoms with E-state index >= 15 is 0 Å². The van der Waals surface area contributed by atoms with Gasteiger partial charge in [-0.25, -0.2) is 15.0 Å². The van der Waals surface area contributed by atoms with Crippen LogP contribution in [0.3, 0.4) is 0 Å². The van der Waals surface area contributed by atoms with Crippen molar-refractivity contribution in [2.75, 3.05) is 0 Å². The third kappa shape index (κ3) is 2.50. The summed E-state index contributed by atoms with van der Waals surface area (Å²) in [6, 6.07) is 17.8. The first-order chi connectivity index (χ1) is 9.33. The van der Waals surface area contributed by atoms with Crippen molar-refractivity contribution in [3.8, 4) is 22.8 Å². The molecule has 0 aliphatic heterocycles. The van der Waals surface area contributed by atoms with Gasteiger partial charge in [0.25, 0.3) is 0 Å². The van der Waals surface area contributed by atoms with Crippen molar-refractivity contribution in [2.45, 2.75) is 6.92 Å². The molecule has 0 N–H and O–H groups in total. The number of aryl methyl sites for hydroxylation is 1. The zero-order chi connectivity index (χ0) is 13.1. The number of aromatic nitrogens is 3. The van der Waals surface area contributed by atoms with Gasteiger partial charge in [0.2, 0.25) is 0 Å². The van der Waals surface area contributed by atoms with Crippen LogP contribution in [0.1, 0.15) is 5.69 Å². The van der Waals surface area contributed by atoms with Gasteiger partial charge in [0.15, 0.2) is 5.82 Å². The van der Waals surface area contributed by atoms with Gasteiger partial charge in [-0.05, 0) is 25.1 Å². The number of pyridine rings is 1. The summed E-state index contributed by atoms with van der Waals surface area (Å²) in [6.07, 6.45) is 1.77. The molecule has 0 saturated carbocycles. The normalized spacial score (nSPS) is 10.4. The van der Waals surface area contributed by atoms with Crippen molar-refractivity contribution in [3.63, 3.8) is 0 Å². The van der Waals surface area contributed by atoms with Gasteiger partial charge in [-0.3, -0.25) is 0 Å². The fourth-order valence-electron chi connectivity index (χ4n) is 1.92. The fraction of sp³-hybridized carbons (Fsp3) is 0.0625. The third-order valence-electron chi connectivity index (χ3n) is 2.84. The second-order valence-corrected chi connectivity index (χ2v) is 4.30. The zero-order valence-electron chi connectivity index (χ0n) is 10.6. The predicted molar refractivity (Wildman–Crippen MR) is 75.4 cm³/mol. The number of hydrogen-bond acceptors (Lipinski definition) is 3. The van der Waals surface area contributed by atoms with E-state index in [0.29, 0.717) is 5.82 Å². The van der Waals surface area contributed by atoms with E-state index in [1.807, 2.05) is 61.5 Å². The van der Waals surface area contributed by atoms with E-state index in [9.17, 15) is 0 Å². The molecule has 2 aromatic heterocycles. The molecule has 3 rings (SSSR count).